The van der Waals surface area contributed by atoms with Crippen molar-refractivity contribution in [3.8, 4) is 11.5 Å². The first-order chi connectivity index (χ1) is 9.95. The lowest BCUT2D eigenvalue weighted by Gasteiger charge is -2.07. The lowest BCUT2D eigenvalue weighted by atomic mass is 10.2. The molecule has 6 heteroatoms. The van der Waals surface area contributed by atoms with Gasteiger partial charge in [-0.25, -0.2) is 9.18 Å². The summed E-state index contributed by atoms with van der Waals surface area (Å²) in [7, 11) is 0. The third-order valence-corrected chi connectivity index (χ3v) is 2.71. The molecule has 0 unspecified atom stereocenters. The molecule has 0 atom stereocenters. The van der Waals surface area contributed by atoms with Crippen LogP contribution in [0.2, 0.25) is 0 Å². The number of carboxylic acids is 1. The maximum Gasteiger partial charge on any atom is 0.328 e. The molecule has 2 rings (SSSR count). The van der Waals surface area contributed by atoms with Crippen molar-refractivity contribution in [2.24, 2.45) is 0 Å². The number of benzene rings is 1. The number of hydrogen-bond acceptors (Lipinski definition) is 3. The number of aromatic nitrogens is 2. The van der Waals surface area contributed by atoms with Gasteiger partial charge in [-0.2, -0.15) is 5.10 Å². The average Bonchev–Trinajstić information content (AvgIpc) is 2.87. The molecular formula is C15H15FN2O3. The summed E-state index contributed by atoms with van der Waals surface area (Å²) >= 11 is 0. The Labute approximate surface area is 121 Å². The summed E-state index contributed by atoms with van der Waals surface area (Å²) in [5.74, 6) is -0.722. The maximum atomic E-state index is 13.3. The zero-order valence-electron chi connectivity index (χ0n) is 11.7. The number of carbonyl (C=O) groups is 1. The molecule has 0 fully saturated rings. The van der Waals surface area contributed by atoms with Gasteiger partial charge in [-0.15, -0.1) is 0 Å². The summed E-state index contributed by atoms with van der Waals surface area (Å²) in [6.07, 6.45) is 5.49. The van der Waals surface area contributed by atoms with Crippen molar-refractivity contribution < 1.29 is 19.0 Å². The van der Waals surface area contributed by atoms with Crippen LogP contribution in [-0.4, -0.2) is 20.9 Å². The van der Waals surface area contributed by atoms with Crippen molar-refractivity contribution in [3.63, 3.8) is 0 Å². The van der Waals surface area contributed by atoms with E-state index in [9.17, 15) is 9.18 Å². The first-order valence-electron chi connectivity index (χ1n) is 6.38. The van der Waals surface area contributed by atoms with Gasteiger partial charge in [0.25, 0.3) is 0 Å². The van der Waals surface area contributed by atoms with Crippen LogP contribution in [0.5, 0.6) is 11.5 Å². The van der Waals surface area contributed by atoms with Crippen LogP contribution in [0.3, 0.4) is 0 Å². The van der Waals surface area contributed by atoms with Gasteiger partial charge < -0.3 is 9.84 Å². The van der Waals surface area contributed by atoms with E-state index in [0.29, 0.717) is 17.1 Å². The fraction of sp³-hybridized carbons (Fsp3) is 0.200. The van der Waals surface area contributed by atoms with Crippen molar-refractivity contribution in [1.82, 2.24) is 9.78 Å². The van der Waals surface area contributed by atoms with Crippen molar-refractivity contribution in [3.05, 3.63) is 48.0 Å². The summed E-state index contributed by atoms with van der Waals surface area (Å²) in [6.45, 7) is 3.96. The van der Waals surface area contributed by atoms with Crippen molar-refractivity contribution in [2.45, 2.75) is 19.9 Å². The Morgan fingerprint density at radius 1 is 1.48 bits per heavy atom. The predicted octanol–water partition coefficient (Wildman–Crippen LogP) is 3.49. The lowest BCUT2D eigenvalue weighted by Crippen LogP contribution is -1.99. The van der Waals surface area contributed by atoms with E-state index < -0.39 is 11.8 Å². The van der Waals surface area contributed by atoms with Gasteiger partial charge in [-0.05, 0) is 38.1 Å². The van der Waals surface area contributed by atoms with Crippen LogP contribution in [0.4, 0.5) is 4.39 Å². The van der Waals surface area contributed by atoms with Gasteiger partial charge in [-0.3, -0.25) is 4.68 Å². The van der Waals surface area contributed by atoms with Crippen LogP contribution in [0, 0.1) is 5.82 Å². The first kappa shape index (κ1) is 14.8. The van der Waals surface area contributed by atoms with E-state index in [1.165, 1.54) is 24.3 Å². The molecule has 0 aliphatic heterocycles. The number of nitrogens with zero attached hydrogens (tertiary/aromatic N) is 2. The number of carboxylic acid groups (broad SMARTS) is 1. The Morgan fingerprint density at radius 3 is 2.86 bits per heavy atom. The molecule has 0 saturated carbocycles. The highest BCUT2D eigenvalue weighted by atomic mass is 19.1. The third-order valence-electron chi connectivity index (χ3n) is 2.71. The SMILES string of the molecule is CC(C)n1cc(Oc2ccc(F)cc2/C=C/C(=O)O)cn1. The quantitative estimate of drug-likeness (QED) is 0.856. The van der Waals surface area contributed by atoms with E-state index >= 15 is 0 Å². The Balaban J connectivity index is 2.27. The van der Waals surface area contributed by atoms with E-state index in [1.54, 1.807) is 17.1 Å². The molecule has 0 spiro atoms. The van der Waals surface area contributed by atoms with Gasteiger partial charge in [-0.1, -0.05) is 0 Å². The molecule has 1 heterocycles. The minimum Gasteiger partial charge on any atom is -0.478 e. The third kappa shape index (κ3) is 3.92. The molecule has 2 aromatic rings. The molecule has 0 aliphatic rings. The van der Waals surface area contributed by atoms with Crippen molar-refractivity contribution in [2.75, 3.05) is 0 Å². The van der Waals surface area contributed by atoms with Gasteiger partial charge in [0.2, 0.25) is 0 Å². The van der Waals surface area contributed by atoms with E-state index in [4.69, 9.17) is 9.84 Å². The number of rotatable bonds is 5. The molecule has 0 bridgehead atoms. The average molecular weight is 290 g/mol. The molecule has 0 radical (unpaired) electrons. The zero-order valence-corrected chi connectivity index (χ0v) is 11.7. The molecule has 0 saturated heterocycles. The predicted molar refractivity (Wildman–Crippen MR) is 75.8 cm³/mol. The summed E-state index contributed by atoms with van der Waals surface area (Å²) < 4.78 is 20.6. The fourth-order valence-corrected chi connectivity index (χ4v) is 1.69. The Kier molecular flexibility index (Phi) is 4.37. The number of halogens is 1. The minimum atomic E-state index is -1.11. The fourth-order valence-electron chi connectivity index (χ4n) is 1.69. The van der Waals surface area contributed by atoms with Crippen molar-refractivity contribution >= 4 is 12.0 Å². The molecule has 0 aliphatic carbocycles. The molecule has 1 N–H and O–H groups in total. The molecule has 5 nitrogen and oxygen atoms in total. The minimum absolute atomic E-state index is 0.196. The van der Waals surface area contributed by atoms with Crippen LogP contribution in [0.25, 0.3) is 6.08 Å². The molecule has 110 valence electrons. The first-order valence-corrected chi connectivity index (χ1v) is 6.38. The van der Waals surface area contributed by atoms with E-state index in [-0.39, 0.29) is 6.04 Å². The Morgan fingerprint density at radius 2 is 2.24 bits per heavy atom. The zero-order chi connectivity index (χ0) is 15.4. The van der Waals surface area contributed by atoms with Crippen LogP contribution in [0.1, 0.15) is 25.5 Å². The summed E-state index contributed by atoms with van der Waals surface area (Å²) in [5.41, 5.74) is 0.342. The van der Waals surface area contributed by atoms with E-state index in [0.717, 1.165) is 6.08 Å². The number of aliphatic carboxylic acids is 1. The largest absolute Gasteiger partial charge is 0.478 e. The molecule has 1 aromatic heterocycles. The maximum absolute atomic E-state index is 13.3. The second-order valence-electron chi connectivity index (χ2n) is 4.71. The second kappa shape index (κ2) is 6.21. The van der Waals surface area contributed by atoms with Crippen LogP contribution in [-0.2, 0) is 4.79 Å². The molecular weight excluding hydrogens is 275 g/mol. The molecule has 21 heavy (non-hydrogen) atoms. The normalized spacial score (nSPS) is 11.2. The smallest absolute Gasteiger partial charge is 0.328 e. The van der Waals surface area contributed by atoms with Crippen molar-refractivity contribution in [1.29, 1.82) is 0 Å². The van der Waals surface area contributed by atoms with Crippen LogP contribution >= 0.6 is 0 Å². The van der Waals surface area contributed by atoms with E-state index in [1.807, 2.05) is 13.8 Å². The summed E-state index contributed by atoms with van der Waals surface area (Å²) in [4.78, 5) is 10.6. The molecule has 0 amide bonds. The Bertz CT molecular complexity index is 677. The van der Waals surface area contributed by atoms with Crippen LogP contribution in [0.15, 0.2) is 36.7 Å². The number of hydrogen-bond donors (Lipinski definition) is 1. The highest BCUT2D eigenvalue weighted by Crippen LogP contribution is 2.27. The van der Waals surface area contributed by atoms with Gasteiger partial charge >= 0.3 is 5.97 Å². The second-order valence-corrected chi connectivity index (χ2v) is 4.71. The lowest BCUT2D eigenvalue weighted by molar-refractivity contribution is -0.131. The van der Waals surface area contributed by atoms with Gasteiger partial charge in [0.15, 0.2) is 5.75 Å². The van der Waals surface area contributed by atoms with Gasteiger partial charge in [0.05, 0.1) is 12.4 Å². The number of ether oxygens (including phenoxy) is 1. The van der Waals surface area contributed by atoms with Gasteiger partial charge in [0, 0.05) is 17.7 Å². The van der Waals surface area contributed by atoms with E-state index in [2.05, 4.69) is 5.10 Å². The monoisotopic (exact) mass is 290 g/mol. The summed E-state index contributed by atoms with van der Waals surface area (Å²) in [5, 5.41) is 12.8. The topological polar surface area (TPSA) is 64.3 Å². The highest BCUT2D eigenvalue weighted by molar-refractivity contribution is 5.85. The molecule has 1 aromatic carbocycles. The van der Waals surface area contributed by atoms with Gasteiger partial charge in [0.1, 0.15) is 11.6 Å². The highest BCUT2D eigenvalue weighted by Gasteiger charge is 2.08. The Hall–Kier alpha value is -2.63. The standard InChI is InChI=1S/C15H15FN2O3/c1-10(2)18-9-13(8-17-18)21-14-5-4-12(16)7-11(14)3-6-15(19)20/h3-10H,1-2H3,(H,19,20)/b6-3+. The van der Waals surface area contributed by atoms with Crippen LogP contribution < -0.4 is 4.74 Å². The summed E-state index contributed by atoms with van der Waals surface area (Å²) in [6, 6.07) is 4.10.